The maximum absolute atomic E-state index is 6.07. The zero-order valence-electron chi connectivity index (χ0n) is 14.8. The van der Waals surface area contributed by atoms with Crippen LogP contribution < -0.4 is 5.32 Å². The van der Waals surface area contributed by atoms with Gasteiger partial charge in [-0.15, -0.1) is 0 Å². The fraction of sp³-hybridized carbons (Fsp3) is 0.150. The third kappa shape index (κ3) is 3.61. The van der Waals surface area contributed by atoms with Gasteiger partial charge in [-0.05, 0) is 44.2 Å². The molecule has 136 valence electrons. The lowest BCUT2D eigenvalue weighted by atomic mass is 10.1. The fourth-order valence-electron chi connectivity index (χ4n) is 3.05. The standard InChI is InChI=1S/C20H17Cl2N5/c1-12(2)27-11-17(16-3-5-23-10-19(16)27)18-4-6-24-20(26-18)25-15-8-13(21)7-14(22)9-15/h3-12H,1-2H3,(H,24,25,26). The van der Waals surface area contributed by atoms with Gasteiger partial charge < -0.3 is 9.88 Å². The van der Waals surface area contributed by atoms with Crippen LogP contribution in [0.2, 0.25) is 10.0 Å². The number of anilines is 2. The minimum atomic E-state index is 0.318. The molecular formula is C20H17Cl2N5. The third-order valence-corrected chi connectivity index (χ3v) is 4.68. The molecule has 1 aromatic carbocycles. The van der Waals surface area contributed by atoms with E-state index in [1.807, 2.05) is 18.3 Å². The van der Waals surface area contributed by atoms with Crippen molar-refractivity contribution in [1.82, 2.24) is 19.5 Å². The van der Waals surface area contributed by atoms with E-state index >= 15 is 0 Å². The predicted octanol–water partition coefficient (Wildman–Crippen LogP) is 6.12. The van der Waals surface area contributed by atoms with Crippen LogP contribution in [0.25, 0.3) is 22.2 Å². The lowest BCUT2D eigenvalue weighted by Crippen LogP contribution is -1.98. The Kier molecular flexibility index (Phi) is 4.72. The third-order valence-electron chi connectivity index (χ3n) is 4.24. The van der Waals surface area contributed by atoms with Crippen molar-refractivity contribution < 1.29 is 0 Å². The molecule has 0 aliphatic heterocycles. The molecule has 0 saturated heterocycles. The topological polar surface area (TPSA) is 55.6 Å². The highest BCUT2D eigenvalue weighted by Crippen LogP contribution is 2.31. The van der Waals surface area contributed by atoms with Crippen molar-refractivity contribution in [1.29, 1.82) is 0 Å². The number of hydrogen-bond donors (Lipinski definition) is 1. The molecule has 0 fully saturated rings. The number of rotatable bonds is 4. The maximum atomic E-state index is 6.07. The lowest BCUT2D eigenvalue weighted by molar-refractivity contribution is 0.622. The molecule has 0 amide bonds. The molecule has 0 aliphatic rings. The van der Waals surface area contributed by atoms with Crippen molar-refractivity contribution in [2.75, 3.05) is 5.32 Å². The Bertz CT molecular complexity index is 1100. The van der Waals surface area contributed by atoms with Crippen LogP contribution in [-0.4, -0.2) is 19.5 Å². The fourth-order valence-corrected chi connectivity index (χ4v) is 3.58. The Morgan fingerprint density at radius 1 is 1.04 bits per heavy atom. The molecule has 5 nitrogen and oxygen atoms in total. The molecule has 0 radical (unpaired) electrons. The average molecular weight is 398 g/mol. The van der Waals surface area contributed by atoms with Gasteiger partial charge in [0.2, 0.25) is 5.95 Å². The number of halogens is 2. The van der Waals surface area contributed by atoms with Gasteiger partial charge in [-0.1, -0.05) is 23.2 Å². The van der Waals surface area contributed by atoms with E-state index in [-0.39, 0.29) is 0 Å². The predicted molar refractivity (Wildman–Crippen MR) is 111 cm³/mol. The first-order valence-electron chi connectivity index (χ1n) is 8.52. The van der Waals surface area contributed by atoms with Crippen molar-refractivity contribution in [3.8, 4) is 11.3 Å². The summed E-state index contributed by atoms with van der Waals surface area (Å²) in [6.45, 7) is 4.29. The molecule has 0 atom stereocenters. The van der Waals surface area contributed by atoms with E-state index in [1.54, 1.807) is 30.6 Å². The van der Waals surface area contributed by atoms with Crippen LogP contribution in [0.3, 0.4) is 0 Å². The molecule has 1 N–H and O–H groups in total. The van der Waals surface area contributed by atoms with E-state index in [1.165, 1.54) is 0 Å². The number of pyridine rings is 1. The Morgan fingerprint density at radius 2 is 1.81 bits per heavy atom. The van der Waals surface area contributed by atoms with E-state index in [0.29, 0.717) is 22.0 Å². The van der Waals surface area contributed by atoms with Gasteiger partial charge in [0.25, 0.3) is 0 Å². The summed E-state index contributed by atoms with van der Waals surface area (Å²) in [5.74, 6) is 0.477. The minimum Gasteiger partial charge on any atom is -0.343 e. The summed E-state index contributed by atoms with van der Waals surface area (Å²) in [5, 5.41) is 5.37. The minimum absolute atomic E-state index is 0.318. The van der Waals surface area contributed by atoms with Gasteiger partial charge in [0.15, 0.2) is 0 Å². The SMILES string of the molecule is CC(C)n1cc(-c2ccnc(Nc3cc(Cl)cc(Cl)c3)n2)c2ccncc21. The van der Waals surface area contributed by atoms with E-state index in [0.717, 1.165) is 27.8 Å². The van der Waals surface area contributed by atoms with Gasteiger partial charge in [0, 0.05) is 51.3 Å². The van der Waals surface area contributed by atoms with Crippen LogP contribution in [-0.2, 0) is 0 Å². The van der Waals surface area contributed by atoms with Crippen molar-refractivity contribution in [3.05, 3.63) is 65.2 Å². The molecule has 7 heteroatoms. The van der Waals surface area contributed by atoms with Crippen molar-refractivity contribution in [3.63, 3.8) is 0 Å². The molecule has 3 heterocycles. The second-order valence-corrected chi connectivity index (χ2v) is 7.36. The van der Waals surface area contributed by atoms with E-state index in [4.69, 9.17) is 23.2 Å². The Morgan fingerprint density at radius 3 is 2.56 bits per heavy atom. The van der Waals surface area contributed by atoms with Crippen LogP contribution in [0.1, 0.15) is 19.9 Å². The van der Waals surface area contributed by atoms with Gasteiger partial charge in [-0.3, -0.25) is 4.98 Å². The number of benzene rings is 1. The highest BCUT2D eigenvalue weighted by atomic mass is 35.5. The lowest BCUT2D eigenvalue weighted by Gasteiger charge is -2.08. The molecule has 0 aliphatic carbocycles. The van der Waals surface area contributed by atoms with Crippen LogP contribution in [0.15, 0.2) is 55.1 Å². The summed E-state index contributed by atoms with van der Waals surface area (Å²) in [4.78, 5) is 13.3. The Hall–Kier alpha value is -2.63. The smallest absolute Gasteiger partial charge is 0.227 e. The molecule has 0 bridgehead atoms. The Labute approximate surface area is 167 Å². The summed E-state index contributed by atoms with van der Waals surface area (Å²) in [6.07, 6.45) is 7.52. The molecular weight excluding hydrogens is 381 g/mol. The second-order valence-electron chi connectivity index (χ2n) is 6.49. The summed E-state index contributed by atoms with van der Waals surface area (Å²) < 4.78 is 2.20. The summed E-state index contributed by atoms with van der Waals surface area (Å²) >= 11 is 12.1. The highest BCUT2D eigenvalue weighted by Gasteiger charge is 2.14. The van der Waals surface area contributed by atoms with Crippen LogP contribution in [0.5, 0.6) is 0 Å². The van der Waals surface area contributed by atoms with Gasteiger partial charge >= 0.3 is 0 Å². The summed E-state index contributed by atoms with van der Waals surface area (Å²) in [7, 11) is 0. The van der Waals surface area contributed by atoms with E-state index in [9.17, 15) is 0 Å². The van der Waals surface area contributed by atoms with Gasteiger partial charge in [-0.2, -0.15) is 0 Å². The number of nitrogens with zero attached hydrogens (tertiary/aromatic N) is 4. The molecule has 0 saturated carbocycles. The van der Waals surface area contributed by atoms with Crippen molar-refractivity contribution >= 4 is 45.7 Å². The number of aromatic nitrogens is 4. The van der Waals surface area contributed by atoms with Gasteiger partial charge in [-0.25, -0.2) is 9.97 Å². The monoisotopic (exact) mass is 397 g/mol. The molecule has 4 aromatic rings. The second kappa shape index (κ2) is 7.18. The van der Waals surface area contributed by atoms with Gasteiger partial charge in [0.05, 0.1) is 17.4 Å². The number of nitrogens with one attached hydrogen (secondary N) is 1. The first kappa shape index (κ1) is 17.8. The molecule has 0 unspecified atom stereocenters. The number of hydrogen-bond acceptors (Lipinski definition) is 4. The van der Waals surface area contributed by atoms with E-state index in [2.05, 4.69) is 44.9 Å². The quantitative estimate of drug-likeness (QED) is 0.450. The van der Waals surface area contributed by atoms with Crippen molar-refractivity contribution in [2.24, 2.45) is 0 Å². The summed E-state index contributed by atoms with van der Waals surface area (Å²) in [6, 6.07) is 9.46. The zero-order valence-corrected chi connectivity index (χ0v) is 16.3. The van der Waals surface area contributed by atoms with Crippen LogP contribution in [0.4, 0.5) is 11.6 Å². The van der Waals surface area contributed by atoms with E-state index < -0.39 is 0 Å². The highest BCUT2D eigenvalue weighted by molar-refractivity contribution is 6.35. The Balaban J connectivity index is 1.76. The maximum Gasteiger partial charge on any atom is 0.227 e. The molecule has 3 aromatic heterocycles. The zero-order chi connectivity index (χ0) is 19.0. The first-order valence-corrected chi connectivity index (χ1v) is 9.28. The molecule has 27 heavy (non-hydrogen) atoms. The van der Waals surface area contributed by atoms with Crippen molar-refractivity contribution in [2.45, 2.75) is 19.9 Å². The molecule has 4 rings (SSSR count). The largest absolute Gasteiger partial charge is 0.343 e. The normalized spacial score (nSPS) is 11.3. The first-order chi connectivity index (χ1) is 13.0. The average Bonchev–Trinajstić information content (AvgIpc) is 3.01. The van der Waals surface area contributed by atoms with Gasteiger partial charge in [0.1, 0.15) is 0 Å². The summed E-state index contributed by atoms with van der Waals surface area (Å²) in [5.41, 5.74) is 3.68. The number of fused-ring (bicyclic) bond motifs is 1. The van der Waals surface area contributed by atoms with Crippen LogP contribution >= 0.6 is 23.2 Å². The molecule has 0 spiro atoms. The van der Waals surface area contributed by atoms with Crippen LogP contribution in [0, 0.1) is 0 Å².